The lowest BCUT2D eigenvalue weighted by Crippen LogP contribution is -1.99. The Balaban J connectivity index is 1.26. The number of ether oxygens (including phenoxy) is 2. The second-order valence-corrected chi connectivity index (χ2v) is 9.85. The second kappa shape index (κ2) is 9.48. The normalized spacial score (nSPS) is 11.1. The highest BCUT2D eigenvalue weighted by molar-refractivity contribution is 7.15. The summed E-state index contributed by atoms with van der Waals surface area (Å²) in [5.74, 6) is 2.67. The highest BCUT2D eigenvalue weighted by atomic mass is 32.1. The van der Waals surface area contributed by atoms with Crippen LogP contribution in [0.3, 0.4) is 0 Å². The first-order chi connectivity index (χ1) is 18.1. The van der Waals surface area contributed by atoms with Gasteiger partial charge in [-0.2, -0.15) is 0 Å². The molecule has 8 heteroatoms. The highest BCUT2D eigenvalue weighted by Crippen LogP contribution is 2.36. The smallest absolute Gasteiger partial charge is 0.161 e. The molecule has 0 aliphatic carbocycles. The van der Waals surface area contributed by atoms with Crippen molar-refractivity contribution in [2.45, 2.75) is 13.8 Å². The minimum Gasteiger partial charge on any atom is -0.495 e. The van der Waals surface area contributed by atoms with Crippen molar-refractivity contribution in [1.29, 1.82) is 0 Å². The molecule has 4 aromatic heterocycles. The van der Waals surface area contributed by atoms with Crippen LogP contribution >= 0.6 is 11.3 Å². The fraction of sp³-hybridized carbons (Fsp3) is 0.103. The summed E-state index contributed by atoms with van der Waals surface area (Å²) < 4.78 is 11.4. The molecule has 0 spiro atoms. The van der Waals surface area contributed by atoms with Crippen molar-refractivity contribution in [2.75, 3.05) is 12.4 Å². The van der Waals surface area contributed by atoms with Gasteiger partial charge in [0.2, 0.25) is 0 Å². The number of aryl methyl sites for hydroxylation is 2. The summed E-state index contributed by atoms with van der Waals surface area (Å²) in [5.41, 5.74) is 4.43. The average molecular weight is 506 g/mol. The summed E-state index contributed by atoms with van der Waals surface area (Å²) in [7, 11) is 1.60. The SMILES string of the molecule is COc1cnc2c(Oc3ccc(Nc4nnc(-c5cc(C)c(C)s5)c5ccccc45)cc3)ccnc2c1. The zero-order valence-electron chi connectivity index (χ0n) is 20.5. The first-order valence-electron chi connectivity index (χ1n) is 11.8. The molecule has 0 bridgehead atoms. The quantitative estimate of drug-likeness (QED) is 0.251. The summed E-state index contributed by atoms with van der Waals surface area (Å²) in [6.07, 6.45) is 3.35. The van der Waals surface area contributed by atoms with E-state index in [-0.39, 0.29) is 0 Å². The van der Waals surface area contributed by atoms with Crippen LogP contribution in [-0.4, -0.2) is 27.3 Å². The van der Waals surface area contributed by atoms with E-state index >= 15 is 0 Å². The summed E-state index contributed by atoms with van der Waals surface area (Å²) >= 11 is 1.75. The van der Waals surface area contributed by atoms with Crippen LogP contribution in [0.2, 0.25) is 0 Å². The van der Waals surface area contributed by atoms with Crippen molar-refractivity contribution in [3.8, 4) is 27.8 Å². The molecule has 0 aliphatic heterocycles. The molecule has 1 N–H and O–H groups in total. The molecular weight excluding hydrogens is 482 g/mol. The standard InChI is InChI=1S/C29H23N5O2S/c1-17-14-26(37-18(17)2)27-22-6-4-5-7-23(22)29(34-33-27)32-19-8-10-20(11-9-19)36-25-12-13-30-24-15-21(35-3)16-31-28(24)25/h4-16H,1-3H3,(H,32,34). The van der Waals surface area contributed by atoms with Gasteiger partial charge >= 0.3 is 0 Å². The van der Waals surface area contributed by atoms with Crippen LogP contribution in [0.25, 0.3) is 32.4 Å². The van der Waals surface area contributed by atoms with Gasteiger partial charge in [0.1, 0.15) is 22.7 Å². The number of nitrogens with one attached hydrogen (secondary N) is 1. The average Bonchev–Trinajstić information content (AvgIpc) is 3.27. The molecule has 0 fully saturated rings. The Labute approximate surface area is 217 Å². The fourth-order valence-electron chi connectivity index (χ4n) is 4.12. The van der Waals surface area contributed by atoms with Crippen LogP contribution in [0, 0.1) is 13.8 Å². The lowest BCUT2D eigenvalue weighted by atomic mass is 10.1. The van der Waals surface area contributed by atoms with Gasteiger partial charge in [0.05, 0.1) is 23.7 Å². The van der Waals surface area contributed by atoms with Crippen LogP contribution in [0.1, 0.15) is 10.4 Å². The molecule has 0 atom stereocenters. The van der Waals surface area contributed by atoms with E-state index in [0.29, 0.717) is 34.1 Å². The zero-order chi connectivity index (χ0) is 25.4. The summed E-state index contributed by atoms with van der Waals surface area (Å²) in [5, 5.41) is 14.6. The number of rotatable bonds is 6. The molecule has 0 saturated heterocycles. The van der Waals surface area contributed by atoms with Crippen LogP contribution in [-0.2, 0) is 0 Å². The van der Waals surface area contributed by atoms with Crippen LogP contribution < -0.4 is 14.8 Å². The van der Waals surface area contributed by atoms with Crippen molar-refractivity contribution in [3.63, 3.8) is 0 Å². The Bertz CT molecular complexity index is 1730. The van der Waals surface area contributed by atoms with E-state index in [0.717, 1.165) is 27.0 Å². The van der Waals surface area contributed by atoms with Crippen molar-refractivity contribution < 1.29 is 9.47 Å². The maximum absolute atomic E-state index is 6.12. The van der Waals surface area contributed by atoms with E-state index in [4.69, 9.17) is 9.47 Å². The molecule has 0 saturated carbocycles. The van der Waals surface area contributed by atoms with Crippen LogP contribution in [0.5, 0.6) is 17.2 Å². The van der Waals surface area contributed by atoms with Gasteiger partial charge in [-0.05, 0) is 49.7 Å². The zero-order valence-corrected chi connectivity index (χ0v) is 21.3. The maximum Gasteiger partial charge on any atom is 0.161 e. The Morgan fingerprint density at radius 2 is 1.65 bits per heavy atom. The maximum atomic E-state index is 6.12. The molecule has 0 aliphatic rings. The first kappa shape index (κ1) is 22.9. The molecule has 4 heterocycles. The highest BCUT2D eigenvalue weighted by Gasteiger charge is 2.14. The van der Waals surface area contributed by atoms with Gasteiger partial charge in [-0.25, -0.2) is 4.98 Å². The van der Waals surface area contributed by atoms with Gasteiger partial charge in [-0.1, -0.05) is 24.3 Å². The van der Waals surface area contributed by atoms with Crippen molar-refractivity contribution in [3.05, 3.63) is 89.6 Å². The van der Waals surface area contributed by atoms with Crippen molar-refractivity contribution in [1.82, 2.24) is 20.2 Å². The minimum absolute atomic E-state index is 0.625. The van der Waals surface area contributed by atoms with Gasteiger partial charge in [-0.15, -0.1) is 21.5 Å². The largest absolute Gasteiger partial charge is 0.495 e. The van der Waals surface area contributed by atoms with Crippen molar-refractivity contribution in [2.24, 2.45) is 0 Å². The number of methoxy groups -OCH3 is 1. The van der Waals surface area contributed by atoms with E-state index in [9.17, 15) is 0 Å². The monoisotopic (exact) mass is 505 g/mol. The first-order valence-corrected chi connectivity index (χ1v) is 12.6. The number of anilines is 2. The summed E-state index contributed by atoms with van der Waals surface area (Å²) in [6, 6.07) is 21.7. The van der Waals surface area contributed by atoms with E-state index in [1.54, 1.807) is 36.9 Å². The molecule has 0 amide bonds. The predicted octanol–water partition coefficient (Wildman–Crippen LogP) is 7.46. The third kappa shape index (κ3) is 4.43. The topological polar surface area (TPSA) is 82.0 Å². The van der Waals surface area contributed by atoms with Gasteiger partial charge in [0, 0.05) is 39.7 Å². The summed E-state index contributed by atoms with van der Waals surface area (Å²) in [6.45, 7) is 4.26. The van der Waals surface area contributed by atoms with E-state index in [1.165, 1.54) is 10.4 Å². The van der Waals surface area contributed by atoms with Crippen LogP contribution in [0.4, 0.5) is 11.5 Å². The molecule has 2 aromatic carbocycles. The van der Waals surface area contributed by atoms with Gasteiger partial charge in [0.15, 0.2) is 11.6 Å². The van der Waals surface area contributed by atoms with E-state index in [2.05, 4.69) is 57.5 Å². The Hall–Kier alpha value is -4.56. The molecule has 6 rings (SSSR count). The lowest BCUT2D eigenvalue weighted by Gasteiger charge is -2.12. The van der Waals surface area contributed by atoms with Gasteiger partial charge in [0.25, 0.3) is 0 Å². The van der Waals surface area contributed by atoms with Crippen LogP contribution in [0.15, 0.2) is 79.1 Å². The van der Waals surface area contributed by atoms with Gasteiger partial charge in [-0.3, -0.25) is 4.98 Å². The van der Waals surface area contributed by atoms with E-state index < -0.39 is 0 Å². The third-order valence-electron chi connectivity index (χ3n) is 6.18. The molecular formula is C29H23N5O2S. The van der Waals surface area contributed by atoms with Gasteiger partial charge < -0.3 is 14.8 Å². The fourth-order valence-corrected chi connectivity index (χ4v) is 5.15. The number of aromatic nitrogens is 4. The molecule has 0 radical (unpaired) electrons. The molecule has 0 unspecified atom stereocenters. The number of fused-ring (bicyclic) bond motifs is 2. The second-order valence-electron chi connectivity index (χ2n) is 8.60. The van der Waals surface area contributed by atoms with Crippen molar-refractivity contribution >= 4 is 44.6 Å². The number of hydrogen-bond acceptors (Lipinski definition) is 8. The molecule has 37 heavy (non-hydrogen) atoms. The lowest BCUT2D eigenvalue weighted by molar-refractivity contribution is 0.413. The number of thiophene rings is 1. The summed E-state index contributed by atoms with van der Waals surface area (Å²) in [4.78, 5) is 11.2. The molecule has 6 aromatic rings. The van der Waals surface area contributed by atoms with E-state index in [1.807, 2.05) is 42.5 Å². The third-order valence-corrected chi connectivity index (χ3v) is 7.34. The molecule has 7 nitrogen and oxygen atoms in total. The molecule has 182 valence electrons. The predicted molar refractivity (Wildman–Crippen MR) is 148 cm³/mol. The Morgan fingerprint density at radius 3 is 2.41 bits per heavy atom. The number of benzene rings is 2. The number of pyridine rings is 2. The number of hydrogen-bond donors (Lipinski definition) is 1. The minimum atomic E-state index is 0.625. The Morgan fingerprint density at radius 1 is 0.838 bits per heavy atom. The Kier molecular flexibility index (Phi) is 5.86. The number of nitrogens with zero attached hydrogens (tertiary/aromatic N) is 4.